The first kappa shape index (κ1) is 23.5. The van der Waals surface area contributed by atoms with Crippen molar-refractivity contribution in [3.8, 4) is 17.1 Å². The van der Waals surface area contributed by atoms with Gasteiger partial charge < -0.3 is 9.72 Å². The Morgan fingerprint density at radius 3 is 2.56 bits per heavy atom. The molecule has 176 valence electrons. The van der Waals surface area contributed by atoms with E-state index in [1.165, 1.54) is 0 Å². The molecule has 1 fully saturated rings. The first-order chi connectivity index (χ1) is 15.8. The van der Waals surface area contributed by atoms with Gasteiger partial charge in [0, 0.05) is 22.8 Å². The zero-order valence-corrected chi connectivity index (χ0v) is 19.5. The van der Waals surface area contributed by atoms with Gasteiger partial charge in [0.15, 0.2) is 5.82 Å². The maximum Gasteiger partial charge on any atom is 0.326 e. The summed E-state index contributed by atoms with van der Waals surface area (Å²) in [6.07, 6.45) is 1.66. The van der Waals surface area contributed by atoms with Crippen LogP contribution in [0.1, 0.15) is 11.3 Å². The summed E-state index contributed by atoms with van der Waals surface area (Å²) < 4.78 is 49.4. The molecule has 0 saturated carbocycles. The van der Waals surface area contributed by atoms with E-state index in [0.29, 0.717) is 21.1 Å². The van der Waals surface area contributed by atoms with Gasteiger partial charge in [-0.05, 0) is 30.0 Å². The molecule has 0 unspecified atom stereocenters. The zero-order chi connectivity index (χ0) is 23.2. The summed E-state index contributed by atoms with van der Waals surface area (Å²) in [5.74, 6) is -0.972. The summed E-state index contributed by atoms with van der Waals surface area (Å²) in [5.41, 5.74) is 2.00. The van der Waals surface area contributed by atoms with Crippen LogP contribution in [0.4, 0.5) is 10.1 Å². The molecule has 1 saturated heterocycles. The van der Waals surface area contributed by atoms with Gasteiger partial charge in [0.1, 0.15) is 30.4 Å². The van der Waals surface area contributed by atoms with Crippen molar-refractivity contribution >= 4 is 45.0 Å². The Hall–Kier alpha value is -3.63. The van der Waals surface area contributed by atoms with Gasteiger partial charge >= 0.3 is 10.2 Å². The number of rotatable bonds is 5. The van der Waals surface area contributed by atoms with E-state index >= 15 is 4.39 Å². The van der Waals surface area contributed by atoms with Crippen LogP contribution in [0.15, 0.2) is 60.8 Å². The molecule has 0 radical (unpaired) electrons. The molecule has 0 bridgehead atoms. The molecule has 0 atom stereocenters. The Morgan fingerprint density at radius 1 is 1.15 bits per heavy atom. The highest BCUT2D eigenvalue weighted by molar-refractivity contribution is 7.92. The van der Waals surface area contributed by atoms with E-state index in [1.54, 1.807) is 30.5 Å². The number of anilines is 1. The van der Waals surface area contributed by atoms with Crippen LogP contribution in [0.5, 0.6) is 5.75 Å². The molecule has 1 aromatic heterocycles. The van der Waals surface area contributed by atoms with Gasteiger partial charge in [0.05, 0.1) is 0 Å². The molecule has 4 aromatic rings. The molecule has 11 heteroatoms. The van der Waals surface area contributed by atoms with Crippen molar-refractivity contribution in [1.29, 1.82) is 0 Å². The van der Waals surface area contributed by atoms with Crippen molar-refractivity contribution < 1.29 is 22.3 Å². The SMILES string of the molecule is Cc1cnc(-c2ccc3cc(OCc4ccccc4)c(N4CC(=O)NS4(=O)=O)c(F)c3c2)[nH]1.Cl. The fraction of sp³-hybridized carbons (Fsp3) is 0.130. The van der Waals surface area contributed by atoms with Crippen molar-refractivity contribution in [3.63, 3.8) is 0 Å². The van der Waals surface area contributed by atoms with Crippen LogP contribution in [0.2, 0.25) is 0 Å². The van der Waals surface area contributed by atoms with Crippen LogP contribution in [-0.4, -0.2) is 30.8 Å². The molecule has 5 rings (SSSR count). The van der Waals surface area contributed by atoms with Gasteiger partial charge in [-0.15, -0.1) is 12.4 Å². The minimum Gasteiger partial charge on any atom is -0.487 e. The number of halogens is 2. The largest absolute Gasteiger partial charge is 0.487 e. The van der Waals surface area contributed by atoms with Crippen LogP contribution in [0.25, 0.3) is 22.2 Å². The average molecular weight is 503 g/mol. The Bertz CT molecular complexity index is 1490. The zero-order valence-electron chi connectivity index (χ0n) is 17.9. The molecule has 0 aliphatic carbocycles. The predicted molar refractivity (Wildman–Crippen MR) is 129 cm³/mol. The number of aromatic amines is 1. The number of carbonyl (C=O) groups excluding carboxylic acids is 1. The van der Waals surface area contributed by atoms with Gasteiger partial charge in [-0.1, -0.05) is 42.5 Å². The summed E-state index contributed by atoms with van der Waals surface area (Å²) in [6.45, 7) is 1.41. The monoisotopic (exact) mass is 502 g/mol. The van der Waals surface area contributed by atoms with E-state index in [9.17, 15) is 13.2 Å². The third-order valence-corrected chi connectivity index (χ3v) is 6.68. The number of nitrogens with zero attached hydrogens (tertiary/aromatic N) is 2. The lowest BCUT2D eigenvalue weighted by Gasteiger charge is -2.21. The number of ether oxygens (including phenoxy) is 1. The van der Waals surface area contributed by atoms with Crippen LogP contribution >= 0.6 is 12.4 Å². The maximum atomic E-state index is 15.9. The van der Waals surface area contributed by atoms with Gasteiger partial charge in [-0.3, -0.25) is 4.79 Å². The van der Waals surface area contributed by atoms with Crippen LogP contribution < -0.4 is 13.8 Å². The van der Waals surface area contributed by atoms with Crippen molar-refractivity contribution in [2.75, 3.05) is 10.8 Å². The predicted octanol–water partition coefficient (Wildman–Crippen LogP) is 3.86. The number of benzene rings is 3. The number of amides is 1. The maximum absolute atomic E-state index is 15.9. The number of hydrogen-bond donors (Lipinski definition) is 2. The van der Waals surface area contributed by atoms with E-state index in [-0.39, 0.29) is 35.8 Å². The third-order valence-electron chi connectivity index (χ3n) is 5.30. The molecular formula is C23H20ClFN4O4S. The minimum absolute atomic E-state index is 0. The topological polar surface area (TPSA) is 104 Å². The molecule has 2 N–H and O–H groups in total. The Morgan fingerprint density at radius 2 is 1.91 bits per heavy atom. The van der Waals surface area contributed by atoms with Gasteiger partial charge in [0.25, 0.3) is 5.91 Å². The third kappa shape index (κ3) is 4.29. The molecule has 8 nitrogen and oxygen atoms in total. The summed E-state index contributed by atoms with van der Waals surface area (Å²) in [6, 6.07) is 15.9. The summed E-state index contributed by atoms with van der Waals surface area (Å²) >= 11 is 0. The quantitative estimate of drug-likeness (QED) is 0.431. The highest BCUT2D eigenvalue weighted by Crippen LogP contribution is 2.40. The molecule has 0 spiro atoms. The first-order valence-corrected chi connectivity index (χ1v) is 11.5. The first-order valence-electron chi connectivity index (χ1n) is 10.1. The van der Waals surface area contributed by atoms with Crippen molar-refractivity contribution in [1.82, 2.24) is 14.7 Å². The standard InChI is InChI=1S/C23H19FN4O4S.ClH/c1-14-11-25-23(26-14)17-8-7-16-10-19(32-13-15-5-3-2-4-6-15)22(21(24)18(16)9-17)28-12-20(29)27-33(28,30)31;/h2-11H,12-13H2,1H3,(H,25,26)(H,27,29);1H. The molecular weight excluding hydrogens is 483 g/mol. The summed E-state index contributed by atoms with van der Waals surface area (Å²) in [5, 5.41) is 0.695. The molecule has 1 aliphatic rings. The van der Waals surface area contributed by atoms with Crippen molar-refractivity contribution in [2.45, 2.75) is 13.5 Å². The van der Waals surface area contributed by atoms with Crippen LogP contribution in [-0.2, 0) is 21.6 Å². The normalized spacial score (nSPS) is 14.6. The number of fused-ring (bicyclic) bond motifs is 1. The van der Waals surface area contributed by atoms with E-state index < -0.39 is 28.5 Å². The lowest BCUT2D eigenvalue weighted by molar-refractivity contribution is -0.117. The van der Waals surface area contributed by atoms with Gasteiger partial charge in [-0.25, -0.2) is 18.4 Å². The van der Waals surface area contributed by atoms with Crippen molar-refractivity contribution in [2.24, 2.45) is 0 Å². The highest BCUT2D eigenvalue weighted by atomic mass is 35.5. The lowest BCUT2D eigenvalue weighted by Crippen LogP contribution is -2.30. The lowest BCUT2D eigenvalue weighted by atomic mass is 10.0. The molecule has 1 amide bonds. The molecule has 2 heterocycles. The second-order valence-corrected chi connectivity index (χ2v) is 9.29. The Balaban J connectivity index is 0.00000274. The Kier molecular flexibility index (Phi) is 6.20. The molecule has 34 heavy (non-hydrogen) atoms. The number of aryl methyl sites for hydroxylation is 1. The van der Waals surface area contributed by atoms with E-state index in [4.69, 9.17) is 4.74 Å². The molecule has 1 aliphatic heterocycles. The number of hydrogen-bond acceptors (Lipinski definition) is 5. The minimum atomic E-state index is -4.25. The number of nitrogens with one attached hydrogen (secondary N) is 2. The highest BCUT2D eigenvalue weighted by Gasteiger charge is 2.38. The number of imidazole rings is 1. The number of H-pyrrole nitrogens is 1. The average Bonchev–Trinajstić information content (AvgIpc) is 3.34. The van der Waals surface area contributed by atoms with Gasteiger partial charge in [0.2, 0.25) is 0 Å². The Labute approximate surface area is 201 Å². The molecule has 3 aromatic carbocycles. The van der Waals surface area contributed by atoms with Crippen LogP contribution in [0.3, 0.4) is 0 Å². The van der Waals surface area contributed by atoms with Gasteiger partial charge in [-0.2, -0.15) is 8.42 Å². The summed E-state index contributed by atoms with van der Waals surface area (Å²) in [7, 11) is -4.25. The fourth-order valence-electron chi connectivity index (χ4n) is 3.75. The smallest absolute Gasteiger partial charge is 0.326 e. The second-order valence-electron chi connectivity index (χ2n) is 7.70. The van der Waals surface area contributed by atoms with Crippen molar-refractivity contribution in [3.05, 3.63) is 77.9 Å². The fourth-order valence-corrected chi connectivity index (χ4v) is 4.91. The second kappa shape index (κ2) is 8.96. The number of aromatic nitrogens is 2. The van der Waals surface area contributed by atoms with E-state index in [1.807, 2.05) is 42.0 Å². The van der Waals surface area contributed by atoms with Crippen LogP contribution in [0, 0.1) is 12.7 Å². The number of carbonyl (C=O) groups is 1. The van der Waals surface area contributed by atoms with E-state index in [2.05, 4.69) is 9.97 Å². The summed E-state index contributed by atoms with van der Waals surface area (Å²) in [4.78, 5) is 19.2. The van der Waals surface area contributed by atoms with E-state index in [0.717, 1.165) is 11.3 Å².